The highest BCUT2D eigenvalue weighted by Gasteiger charge is 2.13. The van der Waals surface area contributed by atoms with Crippen LogP contribution >= 0.6 is 0 Å². The smallest absolute Gasteiger partial charge is 0.431 e. The van der Waals surface area contributed by atoms with Crippen LogP contribution in [0.2, 0.25) is 0 Å². The summed E-state index contributed by atoms with van der Waals surface area (Å²) in [7, 11) is 0. The summed E-state index contributed by atoms with van der Waals surface area (Å²) >= 11 is 0. The largest absolute Gasteiger partial charge is 0.513 e. The molecule has 0 fully saturated rings. The van der Waals surface area contributed by atoms with E-state index in [2.05, 4.69) is 18.6 Å². The number of rotatable bonds is 5. The van der Waals surface area contributed by atoms with Gasteiger partial charge in [0, 0.05) is 0 Å². The van der Waals surface area contributed by atoms with Crippen molar-refractivity contribution in [2.45, 2.75) is 26.2 Å². The molecule has 0 aromatic heterocycles. The number of halogens is 1. The average molecular weight is 240 g/mol. The fourth-order valence-corrected chi connectivity index (χ4v) is 1.44. The second kappa shape index (κ2) is 6.89. The second-order valence-corrected chi connectivity index (χ2v) is 3.74. The maximum Gasteiger partial charge on any atom is 0.513 e. The molecule has 1 aromatic carbocycles. The van der Waals surface area contributed by atoms with Crippen molar-refractivity contribution in [1.29, 1.82) is 0 Å². The normalized spacial score (nSPS) is 11.9. The molecule has 0 bridgehead atoms. The van der Waals surface area contributed by atoms with Crippen molar-refractivity contribution >= 4 is 6.16 Å². The minimum atomic E-state index is -0.863. The zero-order valence-electron chi connectivity index (χ0n) is 10.1. The van der Waals surface area contributed by atoms with Gasteiger partial charge in [-0.05, 0) is 24.0 Å². The summed E-state index contributed by atoms with van der Waals surface area (Å²) in [5, 5.41) is 0. The topological polar surface area (TPSA) is 35.5 Å². The van der Waals surface area contributed by atoms with Gasteiger partial charge < -0.3 is 9.47 Å². The highest BCUT2D eigenvalue weighted by atomic mass is 19.1. The third-order valence-electron chi connectivity index (χ3n) is 2.55. The quantitative estimate of drug-likeness (QED) is 0.581. The summed E-state index contributed by atoms with van der Waals surface area (Å²) < 4.78 is 21.4. The third-order valence-corrected chi connectivity index (χ3v) is 2.55. The Morgan fingerprint density at radius 1 is 1.41 bits per heavy atom. The van der Waals surface area contributed by atoms with Crippen LogP contribution in [-0.2, 0) is 4.74 Å². The molecule has 17 heavy (non-hydrogen) atoms. The van der Waals surface area contributed by atoms with Crippen LogP contribution in [0.1, 0.15) is 31.7 Å². The number of hydrogen-bond donors (Lipinski definition) is 0. The van der Waals surface area contributed by atoms with Crippen LogP contribution in [0.15, 0.2) is 24.3 Å². The van der Waals surface area contributed by atoms with Crippen LogP contribution in [0.5, 0.6) is 5.75 Å². The summed E-state index contributed by atoms with van der Waals surface area (Å²) in [4.78, 5) is 11.2. The standard InChI is InChI=1S/C13H17FO3/c1-3-10(2)11-6-4-5-7-12(11)17-13(15)16-9-8-14/h4-7,10H,3,8-9H2,1-2H3. The van der Waals surface area contributed by atoms with E-state index in [9.17, 15) is 9.18 Å². The molecule has 0 aliphatic carbocycles. The van der Waals surface area contributed by atoms with Crippen LogP contribution in [0.3, 0.4) is 0 Å². The Bertz CT molecular complexity index is 365. The molecule has 0 saturated heterocycles. The number of carbonyl (C=O) groups is 1. The first-order valence-electron chi connectivity index (χ1n) is 5.68. The maximum absolute atomic E-state index is 11.8. The number of benzene rings is 1. The molecule has 4 heteroatoms. The van der Waals surface area contributed by atoms with Gasteiger partial charge in [-0.3, -0.25) is 0 Å². The summed E-state index contributed by atoms with van der Waals surface area (Å²) in [6.07, 6.45) is 0.0818. The Balaban J connectivity index is 2.73. The maximum atomic E-state index is 11.8. The zero-order chi connectivity index (χ0) is 12.7. The summed E-state index contributed by atoms with van der Waals surface area (Å²) in [6.45, 7) is 3.13. The number of ether oxygens (including phenoxy) is 2. The van der Waals surface area contributed by atoms with Gasteiger partial charge in [0.05, 0.1) is 0 Å². The van der Waals surface area contributed by atoms with Gasteiger partial charge in [0.15, 0.2) is 0 Å². The van der Waals surface area contributed by atoms with Crippen molar-refractivity contribution in [3.8, 4) is 5.75 Å². The lowest BCUT2D eigenvalue weighted by Gasteiger charge is -2.14. The predicted octanol–water partition coefficient (Wildman–Crippen LogP) is 3.69. The van der Waals surface area contributed by atoms with E-state index < -0.39 is 12.8 Å². The van der Waals surface area contributed by atoms with E-state index in [-0.39, 0.29) is 6.61 Å². The number of carbonyl (C=O) groups excluding carboxylic acids is 1. The molecule has 0 radical (unpaired) electrons. The van der Waals surface area contributed by atoms with Crippen LogP contribution in [-0.4, -0.2) is 19.4 Å². The van der Waals surface area contributed by atoms with E-state index in [4.69, 9.17) is 4.74 Å². The van der Waals surface area contributed by atoms with Gasteiger partial charge in [-0.15, -0.1) is 0 Å². The second-order valence-electron chi connectivity index (χ2n) is 3.74. The van der Waals surface area contributed by atoms with E-state index in [1.54, 1.807) is 12.1 Å². The Kier molecular flexibility index (Phi) is 5.46. The molecule has 1 aromatic rings. The molecule has 0 spiro atoms. The molecule has 0 aliphatic rings. The van der Waals surface area contributed by atoms with Gasteiger partial charge in [0.25, 0.3) is 0 Å². The van der Waals surface area contributed by atoms with Crippen LogP contribution in [0, 0.1) is 0 Å². The molecule has 0 heterocycles. The molecule has 0 amide bonds. The lowest BCUT2D eigenvalue weighted by molar-refractivity contribution is 0.0925. The predicted molar refractivity (Wildman–Crippen MR) is 63.1 cm³/mol. The van der Waals surface area contributed by atoms with E-state index in [1.807, 2.05) is 12.1 Å². The molecule has 1 rings (SSSR count). The first-order valence-corrected chi connectivity index (χ1v) is 5.68. The zero-order valence-corrected chi connectivity index (χ0v) is 10.1. The highest BCUT2D eigenvalue weighted by molar-refractivity contribution is 5.64. The van der Waals surface area contributed by atoms with Crippen molar-refractivity contribution in [3.05, 3.63) is 29.8 Å². The monoisotopic (exact) mass is 240 g/mol. The van der Waals surface area contributed by atoms with Crippen LogP contribution in [0.4, 0.5) is 9.18 Å². The van der Waals surface area contributed by atoms with Gasteiger partial charge in [0.1, 0.15) is 19.0 Å². The minimum absolute atomic E-state index is 0.273. The molecule has 0 N–H and O–H groups in total. The van der Waals surface area contributed by atoms with Crippen molar-refractivity contribution < 1.29 is 18.7 Å². The average Bonchev–Trinajstić information content (AvgIpc) is 2.36. The van der Waals surface area contributed by atoms with E-state index >= 15 is 0 Å². The molecule has 1 atom stereocenters. The van der Waals surface area contributed by atoms with Gasteiger partial charge in [-0.2, -0.15) is 0 Å². The van der Waals surface area contributed by atoms with Gasteiger partial charge >= 0.3 is 6.16 Å². The molecular formula is C13H17FO3. The van der Waals surface area contributed by atoms with Gasteiger partial charge in [-0.1, -0.05) is 32.0 Å². The molecule has 0 saturated carbocycles. The Labute approximate surface area is 101 Å². The Morgan fingerprint density at radius 2 is 2.12 bits per heavy atom. The molecule has 0 aliphatic heterocycles. The van der Waals surface area contributed by atoms with Crippen molar-refractivity contribution in [2.24, 2.45) is 0 Å². The molecule has 94 valence electrons. The van der Waals surface area contributed by atoms with Crippen molar-refractivity contribution in [1.82, 2.24) is 0 Å². The summed E-state index contributed by atoms with van der Waals surface area (Å²) in [5.41, 5.74) is 0.951. The highest BCUT2D eigenvalue weighted by Crippen LogP contribution is 2.28. The first kappa shape index (κ1) is 13.5. The van der Waals surface area contributed by atoms with Crippen molar-refractivity contribution in [3.63, 3.8) is 0 Å². The fraction of sp³-hybridized carbons (Fsp3) is 0.462. The lowest BCUT2D eigenvalue weighted by atomic mass is 9.98. The van der Waals surface area contributed by atoms with Crippen LogP contribution in [0.25, 0.3) is 0 Å². The van der Waals surface area contributed by atoms with Gasteiger partial charge in [-0.25, -0.2) is 9.18 Å². The molecule has 1 unspecified atom stereocenters. The Hall–Kier alpha value is -1.58. The van der Waals surface area contributed by atoms with E-state index in [0.717, 1.165) is 12.0 Å². The summed E-state index contributed by atoms with van der Waals surface area (Å²) in [5.74, 6) is 0.769. The molecular weight excluding hydrogens is 223 g/mol. The van der Waals surface area contributed by atoms with Crippen molar-refractivity contribution in [2.75, 3.05) is 13.3 Å². The summed E-state index contributed by atoms with van der Waals surface area (Å²) in [6, 6.07) is 7.29. The van der Waals surface area contributed by atoms with Crippen LogP contribution < -0.4 is 4.74 Å². The number of para-hydroxylation sites is 1. The van der Waals surface area contributed by atoms with Gasteiger partial charge in [0.2, 0.25) is 0 Å². The first-order chi connectivity index (χ1) is 8.19. The number of hydrogen-bond acceptors (Lipinski definition) is 3. The fourth-order valence-electron chi connectivity index (χ4n) is 1.44. The van der Waals surface area contributed by atoms with E-state index in [1.165, 1.54) is 0 Å². The lowest BCUT2D eigenvalue weighted by Crippen LogP contribution is -2.13. The Morgan fingerprint density at radius 3 is 2.76 bits per heavy atom. The minimum Gasteiger partial charge on any atom is -0.431 e. The van der Waals surface area contributed by atoms with E-state index in [0.29, 0.717) is 11.7 Å². The number of alkyl halides is 1. The SMILES string of the molecule is CCC(C)c1ccccc1OC(=O)OCCF. The molecule has 3 nitrogen and oxygen atoms in total. The third kappa shape index (κ3) is 4.06.